The Morgan fingerprint density at radius 1 is 1.17 bits per heavy atom. The SMILES string of the molecule is COc1cccc(OC)c1S(=O)(=O)NC(CN)C1CCCCC1.Cl. The van der Waals surface area contributed by atoms with Gasteiger partial charge in [-0.15, -0.1) is 12.4 Å². The molecule has 2 rings (SSSR count). The second-order valence-corrected chi connectivity index (χ2v) is 7.50. The molecular weight excluding hydrogens is 352 g/mol. The summed E-state index contributed by atoms with van der Waals surface area (Å²) in [6.07, 6.45) is 5.48. The second kappa shape index (κ2) is 9.46. The number of nitrogens with one attached hydrogen (secondary N) is 1. The highest BCUT2D eigenvalue weighted by atomic mass is 35.5. The van der Waals surface area contributed by atoms with Gasteiger partial charge in [0.1, 0.15) is 11.5 Å². The van der Waals surface area contributed by atoms with Gasteiger partial charge in [0.15, 0.2) is 4.90 Å². The normalized spacial score (nSPS) is 17.0. The van der Waals surface area contributed by atoms with E-state index in [9.17, 15) is 8.42 Å². The smallest absolute Gasteiger partial charge is 0.248 e. The van der Waals surface area contributed by atoms with E-state index in [1.165, 1.54) is 20.6 Å². The molecule has 1 saturated carbocycles. The highest BCUT2D eigenvalue weighted by molar-refractivity contribution is 7.89. The van der Waals surface area contributed by atoms with Gasteiger partial charge in [0, 0.05) is 12.6 Å². The summed E-state index contributed by atoms with van der Waals surface area (Å²) >= 11 is 0. The van der Waals surface area contributed by atoms with Crippen LogP contribution < -0.4 is 19.9 Å². The van der Waals surface area contributed by atoms with Crippen LogP contribution in [0.5, 0.6) is 11.5 Å². The molecule has 0 amide bonds. The van der Waals surface area contributed by atoms with Crippen molar-refractivity contribution < 1.29 is 17.9 Å². The molecule has 138 valence electrons. The maximum atomic E-state index is 12.9. The highest BCUT2D eigenvalue weighted by Crippen LogP contribution is 2.34. The van der Waals surface area contributed by atoms with Crippen LogP contribution in [0.4, 0.5) is 0 Å². The van der Waals surface area contributed by atoms with Crippen molar-refractivity contribution in [2.75, 3.05) is 20.8 Å². The molecule has 0 heterocycles. The topological polar surface area (TPSA) is 90.6 Å². The molecule has 24 heavy (non-hydrogen) atoms. The summed E-state index contributed by atoms with van der Waals surface area (Å²) in [5.74, 6) is 0.803. The highest BCUT2D eigenvalue weighted by Gasteiger charge is 2.31. The number of hydrogen-bond donors (Lipinski definition) is 2. The quantitative estimate of drug-likeness (QED) is 0.759. The first-order valence-corrected chi connectivity index (χ1v) is 9.45. The van der Waals surface area contributed by atoms with Crippen LogP contribution in [-0.2, 0) is 10.0 Å². The third-order valence-corrected chi connectivity index (χ3v) is 5.98. The number of nitrogens with two attached hydrogens (primary N) is 1. The van der Waals surface area contributed by atoms with Crippen LogP contribution >= 0.6 is 12.4 Å². The maximum Gasteiger partial charge on any atom is 0.248 e. The fourth-order valence-electron chi connectivity index (χ4n) is 3.21. The fourth-order valence-corrected chi connectivity index (χ4v) is 4.85. The van der Waals surface area contributed by atoms with E-state index in [1.54, 1.807) is 18.2 Å². The minimum absolute atomic E-state index is 0. The van der Waals surface area contributed by atoms with Crippen LogP contribution in [-0.4, -0.2) is 35.2 Å². The van der Waals surface area contributed by atoms with Gasteiger partial charge in [-0.25, -0.2) is 13.1 Å². The summed E-state index contributed by atoms with van der Waals surface area (Å²) in [6, 6.07) is 4.64. The minimum atomic E-state index is -3.79. The lowest BCUT2D eigenvalue weighted by atomic mass is 9.84. The zero-order valence-corrected chi connectivity index (χ0v) is 15.8. The van der Waals surface area contributed by atoms with Gasteiger partial charge in [-0.2, -0.15) is 0 Å². The van der Waals surface area contributed by atoms with Crippen molar-refractivity contribution in [3.05, 3.63) is 18.2 Å². The number of benzene rings is 1. The summed E-state index contributed by atoms with van der Waals surface area (Å²) in [6.45, 7) is 0.279. The van der Waals surface area contributed by atoms with Crippen LogP contribution in [0.1, 0.15) is 32.1 Å². The zero-order valence-electron chi connectivity index (χ0n) is 14.2. The van der Waals surface area contributed by atoms with E-state index in [-0.39, 0.29) is 47.3 Å². The molecule has 3 N–H and O–H groups in total. The molecule has 8 heteroatoms. The van der Waals surface area contributed by atoms with E-state index < -0.39 is 10.0 Å². The Kier molecular flexibility index (Phi) is 8.29. The largest absolute Gasteiger partial charge is 0.495 e. The van der Waals surface area contributed by atoms with E-state index in [0.29, 0.717) is 0 Å². The Hall–Kier alpha value is -1.02. The van der Waals surface area contributed by atoms with Gasteiger partial charge in [-0.1, -0.05) is 25.3 Å². The monoisotopic (exact) mass is 378 g/mol. The average molecular weight is 379 g/mol. The van der Waals surface area contributed by atoms with Crippen molar-refractivity contribution in [2.24, 2.45) is 11.7 Å². The molecule has 0 aliphatic heterocycles. The number of hydrogen-bond acceptors (Lipinski definition) is 5. The van der Waals surface area contributed by atoms with E-state index in [1.807, 2.05) is 0 Å². The standard InChI is InChI=1S/C16H26N2O4S.ClH/c1-21-14-9-6-10-15(22-2)16(14)23(19,20)18-13(11-17)12-7-4-3-5-8-12;/h6,9-10,12-13,18H,3-5,7-8,11,17H2,1-2H3;1H. The molecule has 1 aromatic rings. The molecular formula is C16H27ClN2O4S. The molecule has 0 spiro atoms. The lowest BCUT2D eigenvalue weighted by Crippen LogP contribution is -2.45. The lowest BCUT2D eigenvalue weighted by molar-refractivity contribution is 0.293. The number of sulfonamides is 1. The summed E-state index contributed by atoms with van der Waals surface area (Å²) < 4.78 is 38.9. The predicted molar refractivity (Wildman–Crippen MR) is 96.5 cm³/mol. The van der Waals surface area contributed by atoms with Crippen molar-refractivity contribution in [3.63, 3.8) is 0 Å². The molecule has 1 aromatic carbocycles. The van der Waals surface area contributed by atoms with Crippen LogP contribution in [0.25, 0.3) is 0 Å². The van der Waals surface area contributed by atoms with E-state index in [2.05, 4.69) is 4.72 Å². The molecule has 1 aliphatic carbocycles. The van der Waals surface area contributed by atoms with Gasteiger partial charge in [-0.05, 0) is 30.9 Å². The van der Waals surface area contributed by atoms with Crippen LogP contribution in [0.15, 0.2) is 23.1 Å². The van der Waals surface area contributed by atoms with Crippen LogP contribution in [0.2, 0.25) is 0 Å². The van der Waals surface area contributed by atoms with Gasteiger partial charge in [-0.3, -0.25) is 0 Å². The third-order valence-electron chi connectivity index (χ3n) is 4.43. The van der Waals surface area contributed by atoms with Crippen molar-refractivity contribution in [1.82, 2.24) is 4.72 Å². The molecule has 1 atom stereocenters. The summed E-state index contributed by atoms with van der Waals surface area (Å²) in [5, 5.41) is 0. The molecule has 1 aliphatic rings. The van der Waals surface area contributed by atoms with Gasteiger partial charge >= 0.3 is 0 Å². The van der Waals surface area contributed by atoms with E-state index in [0.717, 1.165) is 25.7 Å². The van der Waals surface area contributed by atoms with Crippen molar-refractivity contribution in [1.29, 1.82) is 0 Å². The Bertz CT molecular complexity index is 596. The number of halogens is 1. The molecule has 0 bridgehead atoms. The Labute approximate surface area is 150 Å². The summed E-state index contributed by atoms with van der Waals surface area (Å²) in [7, 11) is -0.907. The molecule has 0 saturated heterocycles. The van der Waals surface area contributed by atoms with E-state index >= 15 is 0 Å². The molecule has 1 unspecified atom stereocenters. The summed E-state index contributed by atoms with van der Waals surface area (Å²) in [4.78, 5) is 0.0271. The average Bonchev–Trinajstić information content (AvgIpc) is 2.59. The van der Waals surface area contributed by atoms with Crippen LogP contribution in [0.3, 0.4) is 0 Å². The third kappa shape index (κ3) is 4.75. The molecule has 1 fully saturated rings. The fraction of sp³-hybridized carbons (Fsp3) is 0.625. The number of ether oxygens (including phenoxy) is 2. The molecule has 0 radical (unpaired) electrons. The summed E-state index contributed by atoms with van der Waals surface area (Å²) in [5.41, 5.74) is 5.84. The Balaban J connectivity index is 0.00000288. The Morgan fingerprint density at radius 2 is 1.71 bits per heavy atom. The zero-order chi connectivity index (χ0) is 16.9. The predicted octanol–water partition coefficient (Wildman–Crippen LogP) is 2.31. The van der Waals surface area contributed by atoms with Crippen molar-refractivity contribution >= 4 is 22.4 Å². The molecule has 0 aromatic heterocycles. The van der Waals surface area contributed by atoms with Gasteiger partial charge in [0.25, 0.3) is 0 Å². The number of methoxy groups -OCH3 is 2. The second-order valence-electron chi connectivity index (χ2n) is 5.85. The number of rotatable bonds is 7. The first kappa shape index (κ1) is 21.0. The van der Waals surface area contributed by atoms with Gasteiger partial charge in [0.05, 0.1) is 14.2 Å². The minimum Gasteiger partial charge on any atom is -0.495 e. The molecule has 6 nitrogen and oxygen atoms in total. The first-order chi connectivity index (χ1) is 11.0. The first-order valence-electron chi connectivity index (χ1n) is 7.97. The van der Waals surface area contributed by atoms with Crippen LogP contribution in [0, 0.1) is 5.92 Å². The Morgan fingerprint density at radius 3 is 2.17 bits per heavy atom. The lowest BCUT2D eigenvalue weighted by Gasteiger charge is -2.30. The van der Waals surface area contributed by atoms with Gasteiger partial charge in [0.2, 0.25) is 10.0 Å². The van der Waals surface area contributed by atoms with Crippen molar-refractivity contribution in [2.45, 2.75) is 43.0 Å². The van der Waals surface area contributed by atoms with Crippen molar-refractivity contribution in [3.8, 4) is 11.5 Å². The maximum absolute atomic E-state index is 12.9. The van der Waals surface area contributed by atoms with Gasteiger partial charge < -0.3 is 15.2 Å². The van der Waals surface area contributed by atoms with E-state index in [4.69, 9.17) is 15.2 Å².